The summed E-state index contributed by atoms with van der Waals surface area (Å²) in [5.74, 6) is -1.12. The highest BCUT2D eigenvalue weighted by molar-refractivity contribution is 5.91. The Hall–Kier alpha value is -2.32. The third-order valence-electron chi connectivity index (χ3n) is 3.36. The zero-order valence-electron chi connectivity index (χ0n) is 11.5. The van der Waals surface area contributed by atoms with Crippen LogP contribution in [0.5, 0.6) is 0 Å². The van der Waals surface area contributed by atoms with Crippen molar-refractivity contribution in [3.05, 3.63) is 35.6 Å². The number of carbonyl (C=O) groups is 1. The molecule has 2 aromatic rings. The van der Waals surface area contributed by atoms with Gasteiger partial charge in [0.15, 0.2) is 0 Å². The molecule has 1 aromatic heterocycles. The first-order valence-electron chi connectivity index (χ1n) is 6.34. The molecule has 0 bridgehead atoms. The maximum absolute atomic E-state index is 10.9. The molecule has 20 heavy (non-hydrogen) atoms. The van der Waals surface area contributed by atoms with Gasteiger partial charge in [-0.1, -0.05) is 6.07 Å². The molecule has 1 N–H and O–H groups in total. The molecule has 1 atom stereocenters. The third kappa shape index (κ3) is 2.98. The summed E-state index contributed by atoms with van der Waals surface area (Å²) in [4.78, 5) is 12.9. The van der Waals surface area contributed by atoms with Gasteiger partial charge >= 0.3 is 5.97 Å². The van der Waals surface area contributed by atoms with Gasteiger partial charge in [-0.15, -0.1) is 0 Å². The van der Waals surface area contributed by atoms with Crippen molar-refractivity contribution in [2.24, 2.45) is 0 Å². The Morgan fingerprint density at radius 1 is 1.50 bits per heavy atom. The van der Waals surface area contributed by atoms with Crippen LogP contribution in [-0.4, -0.2) is 29.1 Å². The van der Waals surface area contributed by atoms with Crippen LogP contribution in [0.15, 0.2) is 28.7 Å². The summed E-state index contributed by atoms with van der Waals surface area (Å²) in [6.45, 7) is 2.70. The van der Waals surface area contributed by atoms with Gasteiger partial charge in [0.25, 0.3) is 0 Å². The number of aromatic carboxylic acids is 1. The number of nitrogens with zero attached hydrogens (tertiary/aromatic N) is 2. The molecule has 5 heteroatoms. The largest absolute Gasteiger partial charge is 0.475 e. The highest BCUT2D eigenvalue weighted by Crippen LogP contribution is 2.21. The van der Waals surface area contributed by atoms with E-state index in [2.05, 4.69) is 11.0 Å². The van der Waals surface area contributed by atoms with E-state index in [-0.39, 0.29) is 11.8 Å². The average molecular weight is 272 g/mol. The number of fused-ring (bicyclic) bond motifs is 1. The predicted molar refractivity (Wildman–Crippen MR) is 74.3 cm³/mol. The van der Waals surface area contributed by atoms with Gasteiger partial charge < -0.3 is 9.52 Å². The van der Waals surface area contributed by atoms with Crippen LogP contribution in [0.1, 0.15) is 29.5 Å². The van der Waals surface area contributed by atoms with Gasteiger partial charge in [-0.3, -0.25) is 4.90 Å². The van der Waals surface area contributed by atoms with Crippen LogP contribution in [0.2, 0.25) is 0 Å². The second kappa shape index (κ2) is 5.76. The summed E-state index contributed by atoms with van der Waals surface area (Å²) < 4.78 is 5.22. The molecule has 1 aromatic carbocycles. The fourth-order valence-electron chi connectivity index (χ4n) is 2.03. The van der Waals surface area contributed by atoms with Gasteiger partial charge in [-0.05, 0) is 37.7 Å². The van der Waals surface area contributed by atoms with Crippen LogP contribution < -0.4 is 0 Å². The first-order chi connectivity index (χ1) is 9.51. The number of nitriles is 1. The van der Waals surface area contributed by atoms with Crippen molar-refractivity contribution in [2.75, 3.05) is 7.05 Å². The maximum atomic E-state index is 10.9. The Balaban J connectivity index is 2.19. The van der Waals surface area contributed by atoms with Crippen molar-refractivity contribution >= 4 is 16.9 Å². The van der Waals surface area contributed by atoms with Crippen molar-refractivity contribution in [2.45, 2.75) is 25.9 Å². The van der Waals surface area contributed by atoms with Gasteiger partial charge in [0.05, 0.1) is 12.5 Å². The second-order valence-electron chi connectivity index (χ2n) is 4.91. The lowest BCUT2D eigenvalue weighted by molar-refractivity contribution is 0.0665. The molecule has 0 amide bonds. The van der Waals surface area contributed by atoms with E-state index in [4.69, 9.17) is 14.8 Å². The highest BCUT2D eigenvalue weighted by atomic mass is 16.4. The Morgan fingerprint density at radius 3 is 2.90 bits per heavy atom. The first-order valence-corrected chi connectivity index (χ1v) is 6.34. The summed E-state index contributed by atoms with van der Waals surface area (Å²) in [5, 5.41) is 18.4. The second-order valence-corrected chi connectivity index (χ2v) is 4.91. The molecule has 104 valence electrons. The quantitative estimate of drug-likeness (QED) is 0.905. The number of furan rings is 1. The minimum Gasteiger partial charge on any atom is -0.475 e. The maximum Gasteiger partial charge on any atom is 0.371 e. The van der Waals surface area contributed by atoms with Gasteiger partial charge in [-0.25, -0.2) is 4.79 Å². The lowest BCUT2D eigenvalue weighted by Crippen LogP contribution is -2.28. The molecule has 0 fully saturated rings. The third-order valence-corrected chi connectivity index (χ3v) is 3.36. The van der Waals surface area contributed by atoms with E-state index in [1.807, 2.05) is 26.1 Å². The van der Waals surface area contributed by atoms with E-state index in [9.17, 15) is 4.79 Å². The molecular formula is C15H16N2O3. The number of carboxylic acid groups (broad SMARTS) is 1. The molecule has 1 heterocycles. The number of benzene rings is 1. The van der Waals surface area contributed by atoms with E-state index in [1.54, 1.807) is 6.07 Å². The minimum atomic E-state index is -1.07. The van der Waals surface area contributed by atoms with E-state index >= 15 is 0 Å². The van der Waals surface area contributed by atoms with Gasteiger partial charge in [0.2, 0.25) is 5.76 Å². The predicted octanol–water partition coefficient (Wildman–Crippen LogP) is 2.86. The smallest absolute Gasteiger partial charge is 0.371 e. The highest BCUT2D eigenvalue weighted by Gasteiger charge is 2.12. The van der Waals surface area contributed by atoms with Crippen molar-refractivity contribution < 1.29 is 14.3 Å². The van der Waals surface area contributed by atoms with E-state index in [1.165, 1.54) is 6.07 Å². The number of carboxylic acids is 1. The molecular weight excluding hydrogens is 256 g/mol. The van der Waals surface area contributed by atoms with Crippen LogP contribution in [0, 0.1) is 11.3 Å². The Morgan fingerprint density at radius 2 is 2.25 bits per heavy atom. The number of hydrogen-bond donors (Lipinski definition) is 1. The van der Waals surface area contributed by atoms with Crippen molar-refractivity contribution in [1.82, 2.24) is 4.90 Å². The molecule has 0 aliphatic heterocycles. The average Bonchev–Trinajstić information content (AvgIpc) is 2.82. The standard InChI is InChI=1S/C15H16N2O3/c1-10(5-6-16)17(2)9-11-3-4-13-12(7-11)8-14(20-13)15(18)19/h3-4,7-8,10H,5,9H2,1-2H3,(H,18,19). The lowest BCUT2D eigenvalue weighted by atomic mass is 10.1. The van der Waals surface area contributed by atoms with Crippen molar-refractivity contribution in [3.8, 4) is 6.07 Å². The van der Waals surface area contributed by atoms with E-state index in [0.29, 0.717) is 18.5 Å². The molecule has 0 saturated carbocycles. The monoisotopic (exact) mass is 272 g/mol. The summed E-state index contributed by atoms with van der Waals surface area (Å²) in [5.41, 5.74) is 1.63. The Labute approximate surface area is 117 Å². The Kier molecular flexibility index (Phi) is 4.06. The molecule has 5 nitrogen and oxygen atoms in total. The van der Waals surface area contributed by atoms with Crippen LogP contribution in [0.25, 0.3) is 11.0 Å². The van der Waals surface area contributed by atoms with Gasteiger partial charge in [0, 0.05) is 18.0 Å². The van der Waals surface area contributed by atoms with Crippen LogP contribution in [-0.2, 0) is 6.54 Å². The molecule has 0 saturated heterocycles. The van der Waals surface area contributed by atoms with E-state index in [0.717, 1.165) is 10.9 Å². The Bertz CT molecular complexity index is 669. The van der Waals surface area contributed by atoms with Crippen LogP contribution in [0.4, 0.5) is 0 Å². The van der Waals surface area contributed by atoms with Gasteiger partial charge in [0.1, 0.15) is 5.58 Å². The normalized spacial score (nSPS) is 12.5. The fourth-order valence-corrected chi connectivity index (χ4v) is 2.03. The van der Waals surface area contributed by atoms with E-state index < -0.39 is 5.97 Å². The molecule has 2 rings (SSSR count). The summed E-state index contributed by atoms with van der Waals surface area (Å²) in [7, 11) is 1.96. The topological polar surface area (TPSA) is 77.5 Å². The molecule has 0 aliphatic carbocycles. The zero-order valence-corrected chi connectivity index (χ0v) is 11.5. The lowest BCUT2D eigenvalue weighted by Gasteiger charge is -2.22. The first kappa shape index (κ1) is 14.1. The number of hydrogen-bond acceptors (Lipinski definition) is 4. The SMILES string of the molecule is CC(CC#N)N(C)Cc1ccc2oc(C(=O)O)cc2c1. The summed E-state index contributed by atoms with van der Waals surface area (Å²) >= 11 is 0. The number of rotatable bonds is 5. The van der Waals surface area contributed by atoms with Crippen LogP contribution >= 0.6 is 0 Å². The minimum absolute atomic E-state index is 0.0525. The molecule has 0 aliphatic rings. The van der Waals surface area contributed by atoms with Gasteiger partial charge in [-0.2, -0.15) is 5.26 Å². The molecule has 0 spiro atoms. The summed E-state index contributed by atoms with van der Waals surface area (Å²) in [6, 6.07) is 9.47. The fraction of sp³-hybridized carbons (Fsp3) is 0.333. The van der Waals surface area contributed by atoms with Crippen molar-refractivity contribution in [3.63, 3.8) is 0 Å². The van der Waals surface area contributed by atoms with Crippen molar-refractivity contribution in [1.29, 1.82) is 5.26 Å². The van der Waals surface area contributed by atoms with Crippen LogP contribution in [0.3, 0.4) is 0 Å². The zero-order chi connectivity index (χ0) is 14.7. The molecule has 1 unspecified atom stereocenters. The molecule has 0 radical (unpaired) electrons. The summed E-state index contributed by atoms with van der Waals surface area (Å²) in [6.07, 6.45) is 0.480.